The predicted molar refractivity (Wildman–Crippen MR) is 85.4 cm³/mol. The molecule has 0 unspecified atom stereocenters. The first-order valence-corrected chi connectivity index (χ1v) is 7.77. The zero-order chi connectivity index (χ0) is 14.8. The minimum absolute atomic E-state index is 0.0352. The molecule has 0 radical (unpaired) electrons. The van der Waals surface area contributed by atoms with Crippen molar-refractivity contribution in [1.82, 2.24) is 0 Å². The number of rotatable bonds is 3. The van der Waals surface area contributed by atoms with Crippen molar-refractivity contribution in [3.05, 3.63) is 63.4 Å². The van der Waals surface area contributed by atoms with Crippen LogP contribution in [0.5, 0.6) is 0 Å². The van der Waals surface area contributed by atoms with Crippen LogP contribution < -0.4 is 5.32 Å². The lowest BCUT2D eigenvalue weighted by atomic mass is 9.93. The third-order valence-corrected chi connectivity index (χ3v) is 4.14. The SMILES string of the molecule is O=C(Cc1cc(F)cc(Br)c1)c1cccc2c1CCCN2. The predicted octanol–water partition coefficient (Wildman–Crippen LogP) is 4.37. The average molecular weight is 348 g/mol. The maximum Gasteiger partial charge on any atom is 0.167 e. The molecule has 0 spiro atoms. The molecule has 1 aliphatic heterocycles. The zero-order valence-corrected chi connectivity index (χ0v) is 13.0. The van der Waals surface area contributed by atoms with Crippen LogP contribution in [0.3, 0.4) is 0 Å². The highest BCUT2D eigenvalue weighted by molar-refractivity contribution is 9.10. The van der Waals surface area contributed by atoms with E-state index in [2.05, 4.69) is 21.2 Å². The van der Waals surface area contributed by atoms with Crippen molar-refractivity contribution < 1.29 is 9.18 Å². The van der Waals surface area contributed by atoms with E-state index in [1.807, 2.05) is 18.2 Å². The number of benzene rings is 2. The molecule has 0 amide bonds. The first-order valence-electron chi connectivity index (χ1n) is 6.97. The molecule has 0 saturated carbocycles. The summed E-state index contributed by atoms with van der Waals surface area (Å²) in [6, 6.07) is 10.4. The topological polar surface area (TPSA) is 29.1 Å². The van der Waals surface area contributed by atoms with Gasteiger partial charge in [0.2, 0.25) is 0 Å². The van der Waals surface area contributed by atoms with Crippen molar-refractivity contribution in [1.29, 1.82) is 0 Å². The van der Waals surface area contributed by atoms with Gasteiger partial charge in [0.25, 0.3) is 0 Å². The van der Waals surface area contributed by atoms with Crippen molar-refractivity contribution in [2.24, 2.45) is 0 Å². The van der Waals surface area contributed by atoms with E-state index in [1.54, 1.807) is 6.07 Å². The molecule has 1 heterocycles. The lowest BCUT2D eigenvalue weighted by Gasteiger charge is -2.20. The molecule has 3 rings (SSSR count). The summed E-state index contributed by atoms with van der Waals surface area (Å²) in [7, 11) is 0. The van der Waals surface area contributed by atoms with E-state index in [0.717, 1.165) is 36.2 Å². The fourth-order valence-corrected chi connectivity index (χ4v) is 3.28. The van der Waals surface area contributed by atoms with Crippen LogP contribution in [0.25, 0.3) is 0 Å². The fraction of sp³-hybridized carbons (Fsp3) is 0.235. The smallest absolute Gasteiger partial charge is 0.167 e. The number of hydrogen-bond acceptors (Lipinski definition) is 2. The Morgan fingerprint density at radius 1 is 1.29 bits per heavy atom. The number of fused-ring (bicyclic) bond motifs is 1. The van der Waals surface area contributed by atoms with E-state index in [0.29, 0.717) is 10.0 Å². The lowest BCUT2D eigenvalue weighted by Crippen LogP contribution is -2.16. The van der Waals surface area contributed by atoms with Gasteiger partial charge in [-0.25, -0.2) is 4.39 Å². The highest BCUT2D eigenvalue weighted by Gasteiger charge is 2.17. The molecule has 1 aliphatic rings. The van der Waals surface area contributed by atoms with Gasteiger partial charge in [-0.15, -0.1) is 0 Å². The van der Waals surface area contributed by atoms with Crippen molar-refractivity contribution >= 4 is 27.4 Å². The van der Waals surface area contributed by atoms with Crippen molar-refractivity contribution in [3.8, 4) is 0 Å². The van der Waals surface area contributed by atoms with Gasteiger partial charge < -0.3 is 5.32 Å². The van der Waals surface area contributed by atoms with Gasteiger partial charge in [0.15, 0.2) is 5.78 Å². The van der Waals surface area contributed by atoms with E-state index < -0.39 is 0 Å². The van der Waals surface area contributed by atoms with Gasteiger partial charge in [-0.3, -0.25) is 4.79 Å². The van der Waals surface area contributed by atoms with Crippen molar-refractivity contribution in [3.63, 3.8) is 0 Å². The van der Waals surface area contributed by atoms with Crippen LogP contribution in [0.2, 0.25) is 0 Å². The standard InChI is InChI=1S/C17H15BrFNO/c18-12-7-11(8-13(19)10-12)9-17(21)15-3-1-5-16-14(15)4-2-6-20-16/h1,3,5,7-8,10,20H,2,4,6,9H2. The Balaban J connectivity index is 1.89. The minimum atomic E-state index is -0.330. The molecule has 0 aliphatic carbocycles. The Morgan fingerprint density at radius 3 is 2.95 bits per heavy atom. The van der Waals surface area contributed by atoms with E-state index in [-0.39, 0.29) is 18.0 Å². The molecule has 0 bridgehead atoms. The Labute approximate surface area is 131 Å². The normalized spacial score (nSPS) is 13.4. The summed E-state index contributed by atoms with van der Waals surface area (Å²) >= 11 is 3.26. The highest BCUT2D eigenvalue weighted by atomic mass is 79.9. The first-order chi connectivity index (χ1) is 10.1. The number of hydrogen-bond donors (Lipinski definition) is 1. The molecule has 2 nitrogen and oxygen atoms in total. The van der Waals surface area contributed by atoms with Gasteiger partial charge >= 0.3 is 0 Å². The number of carbonyl (C=O) groups excluding carboxylic acids is 1. The molecular formula is C17H15BrFNO. The van der Waals surface area contributed by atoms with Gasteiger partial charge in [0, 0.05) is 28.7 Å². The zero-order valence-electron chi connectivity index (χ0n) is 11.5. The summed E-state index contributed by atoms with van der Waals surface area (Å²) in [5.74, 6) is -0.294. The molecule has 0 atom stereocenters. The van der Waals surface area contributed by atoms with Gasteiger partial charge in [-0.2, -0.15) is 0 Å². The number of anilines is 1. The molecule has 0 aromatic heterocycles. The molecule has 108 valence electrons. The number of carbonyl (C=O) groups is 1. The quantitative estimate of drug-likeness (QED) is 0.835. The Bertz CT molecular complexity index is 679. The van der Waals surface area contributed by atoms with Gasteiger partial charge in [0.1, 0.15) is 5.82 Å². The van der Waals surface area contributed by atoms with Crippen LogP contribution in [0, 0.1) is 5.82 Å². The fourth-order valence-electron chi connectivity index (χ4n) is 2.76. The van der Waals surface area contributed by atoms with Gasteiger partial charge in [-0.05, 0) is 48.2 Å². The maximum absolute atomic E-state index is 13.4. The van der Waals surface area contributed by atoms with Crippen LogP contribution in [0.1, 0.15) is 27.9 Å². The third kappa shape index (κ3) is 3.16. The summed E-state index contributed by atoms with van der Waals surface area (Å²) in [6.07, 6.45) is 2.16. The number of nitrogens with one attached hydrogen (secondary N) is 1. The summed E-state index contributed by atoms with van der Waals surface area (Å²) in [5.41, 5.74) is 3.57. The molecule has 0 fully saturated rings. The number of ketones is 1. The van der Waals surface area contributed by atoms with Gasteiger partial charge in [0.05, 0.1) is 0 Å². The van der Waals surface area contributed by atoms with E-state index in [9.17, 15) is 9.18 Å². The second kappa shape index (κ2) is 5.98. The summed E-state index contributed by atoms with van der Waals surface area (Å²) in [6.45, 7) is 0.946. The molecule has 1 N–H and O–H groups in total. The van der Waals surface area contributed by atoms with Crippen molar-refractivity contribution in [2.45, 2.75) is 19.3 Å². The van der Waals surface area contributed by atoms with E-state index in [4.69, 9.17) is 0 Å². The Morgan fingerprint density at radius 2 is 2.14 bits per heavy atom. The summed E-state index contributed by atoms with van der Waals surface area (Å²) in [4.78, 5) is 12.5. The minimum Gasteiger partial charge on any atom is -0.385 e. The van der Waals surface area contributed by atoms with Crippen LogP contribution in [-0.2, 0) is 12.8 Å². The second-order valence-corrected chi connectivity index (χ2v) is 6.16. The largest absolute Gasteiger partial charge is 0.385 e. The summed E-state index contributed by atoms with van der Waals surface area (Å²) in [5, 5.41) is 3.32. The Hall–Kier alpha value is -1.68. The molecule has 2 aromatic carbocycles. The summed E-state index contributed by atoms with van der Waals surface area (Å²) < 4.78 is 14.1. The monoisotopic (exact) mass is 347 g/mol. The number of Topliss-reactive ketones (excluding diaryl/α,β-unsaturated/α-hetero) is 1. The molecule has 2 aromatic rings. The average Bonchev–Trinajstić information content (AvgIpc) is 2.45. The third-order valence-electron chi connectivity index (χ3n) is 3.68. The second-order valence-electron chi connectivity index (χ2n) is 5.24. The van der Waals surface area contributed by atoms with Gasteiger partial charge in [-0.1, -0.05) is 28.1 Å². The van der Waals surface area contributed by atoms with Crippen molar-refractivity contribution in [2.75, 3.05) is 11.9 Å². The van der Waals surface area contributed by atoms with Crippen LogP contribution in [0.4, 0.5) is 10.1 Å². The molecule has 0 saturated heterocycles. The first kappa shape index (κ1) is 14.3. The van der Waals surface area contributed by atoms with Crippen LogP contribution in [0.15, 0.2) is 40.9 Å². The van der Waals surface area contributed by atoms with Crippen LogP contribution >= 0.6 is 15.9 Å². The maximum atomic E-state index is 13.4. The molecule has 4 heteroatoms. The lowest BCUT2D eigenvalue weighted by molar-refractivity contribution is 0.0992. The van der Waals surface area contributed by atoms with E-state index in [1.165, 1.54) is 12.1 Å². The molecular weight excluding hydrogens is 333 g/mol. The van der Waals surface area contributed by atoms with Crippen LogP contribution in [-0.4, -0.2) is 12.3 Å². The van der Waals surface area contributed by atoms with E-state index >= 15 is 0 Å². The Kier molecular flexibility index (Phi) is 4.06. The highest BCUT2D eigenvalue weighted by Crippen LogP contribution is 2.26. The number of halogens is 2. The molecule has 21 heavy (non-hydrogen) atoms.